The predicted molar refractivity (Wildman–Crippen MR) is 101 cm³/mol. The molecule has 134 valence electrons. The van der Waals surface area contributed by atoms with E-state index in [0.29, 0.717) is 5.75 Å². The van der Waals surface area contributed by atoms with Crippen LogP contribution in [0.3, 0.4) is 0 Å². The topological polar surface area (TPSA) is 46.5 Å². The number of carbonyl (C=O) groups excluding carboxylic acids is 1. The molecule has 2 aromatic rings. The smallest absolute Gasteiger partial charge is 0.313 e. The summed E-state index contributed by atoms with van der Waals surface area (Å²) in [6, 6.07) is 15.9. The van der Waals surface area contributed by atoms with Gasteiger partial charge >= 0.3 is 5.97 Å². The highest BCUT2D eigenvalue weighted by molar-refractivity contribution is 5.75. The second kappa shape index (κ2) is 9.38. The van der Waals surface area contributed by atoms with Crippen LogP contribution in [-0.2, 0) is 11.4 Å². The summed E-state index contributed by atoms with van der Waals surface area (Å²) < 4.78 is 5.67. The Morgan fingerprint density at radius 1 is 1.12 bits per heavy atom. The number of benzene rings is 2. The average molecular weight is 340 g/mol. The molecule has 0 saturated carbocycles. The lowest BCUT2D eigenvalue weighted by atomic mass is 9.85. The van der Waals surface area contributed by atoms with Gasteiger partial charge in [0.2, 0.25) is 0 Å². The van der Waals surface area contributed by atoms with Crippen molar-refractivity contribution in [3.8, 4) is 5.75 Å². The van der Waals surface area contributed by atoms with Crippen LogP contribution in [0, 0.1) is 5.92 Å². The van der Waals surface area contributed by atoms with E-state index < -0.39 is 0 Å². The lowest BCUT2D eigenvalue weighted by Crippen LogP contribution is -2.17. The van der Waals surface area contributed by atoms with Crippen LogP contribution >= 0.6 is 0 Å². The van der Waals surface area contributed by atoms with Gasteiger partial charge in [-0.2, -0.15) is 0 Å². The first kappa shape index (κ1) is 19.2. The first-order valence-corrected chi connectivity index (χ1v) is 9.07. The maximum atomic E-state index is 12.1. The number of carbonyl (C=O) groups is 1. The van der Waals surface area contributed by atoms with Crippen LogP contribution in [0.5, 0.6) is 5.75 Å². The third-order valence-corrected chi connectivity index (χ3v) is 4.36. The Morgan fingerprint density at radius 3 is 2.44 bits per heavy atom. The fourth-order valence-electron chi connectivity index (χ4n) is 2.88. The minimum absolute atomic E-state index is 0.0271. The number of rotatable bonds is 8. The third-order valence-electron chi connectivity index (χ3n) is 4.36. The summed E-state index contributed by atoms with van der Waals surface area (Å²) in [6.07, 6.45) is 3.16. The zero-order valence-electron chi connectivity index (χ0n) is 15.4. The fraction of sp³-hybridized carbons (Fsp3) is 0.409. The molecule has 1 N–H and O–H groups in total. The van der Waals surface area contributed by atoms with Gasteiger partial charge in [0, 0.05) is 11.5 Å². The Hall–Kier alpha value is -2.13. The molecule has 3 nitrogen and oxygen atoms in total. The molecule has 0 aliphatic heterocycles. The van der Waals surface area contributed by atoms with E-state index in [2.05, 4.69) is 19.1 Å². The van der Waals surface area contributed by atoms with Gasteiger partial charge in [0.1, 0.15) is 5.75 Å². The van der Waals surface area contributed by atoms with E-state index in [0.717, 1.165) is 30.4 Å². The van der Waals surface area contributed by atoms with Gasteiger partial charge in [0.25, 0.3) is 0 Å². The Labute approximate surface area is 150 Å². The van der Waals surface area contributed by atoms with Gasteiger partial charge in [0.15, 0.2) is 0 Å². The summed E-state index contributed by atoms with van der Waals surface area (Å²) >= 11 is 0. The highest BCUT2D eigenvalue weighted by Crippen LogP contribution is 2.36. The van der Waals surface area contributed by atoms with Gasteiger partial charge in [0.05, 0.1) is 12.5 Å². The Balaban J connectivity index is 2.47. The molecule has 0 bridgehead atoms. The molecule has 0 radical (unpaired) electrons. The normalized spacial score (nSPS) is 12.2. The van der Waals surface area contributed by atoms with Crippen LogP contribution in [0.2, 0.25) is 0 Å². The van der Waals surface area contributed by atoms with E-state index in [4.69, 9.17) is 4.74 Å². The quantitative estimate of drug-likeness (QED) is 0.539. The number of esters is 1. The Bertz CT molecular complexity index is 677. The van der Waals surface area contributed by atoms with Crippen molar-refractivity contribution in [3.05, 3.63) is 65.2 Å². The molecular weight excluding hydrogens is 312 g/mol. The largest absolute Gasteiger partial charge is 0.426 e. The van der Waals surface area contributed by atoms with Gasteiger partial charge in [-0.05, 0) is 29.7 Å². The van der Waals surface area contributed by atoms with E-state index in [9.17, 15) is 9.90 Å². The van der Waals surface area contributed by atoms with E-state index in [1.54, 1.807) is 0 Å². The van der Waals surface area contributed by atoms with Crippen LogP contribution in [0.1, 0.15) is 62.6 Å². The Morgan fingerprint density at radius 2 is 1.84 bits per heavy atom. The maximum absolute atomic E-state index is 12.1. The lowest BCUT2D eigenvalue weighted by Gasteiger charge is -2.22. The third kappa shape index (κ3) is 5.17. The maximum Gasteiger partial charge on any atom is 0.313 e. The van der Waals surface area contributed by atoms with Crippen molar-refractivity contribution in [2.75, 3.05) is 0 Å². The van der Waals surface area contributed by atoms with E-state index >= 15 is 0 Å². The number of hydrogen-bond donors (Lipinski definition) is 1. The predicted octanol–water partition coefficient (Wildman–Crippen LogP) is 5.06. The zero-order valence-corrected chi connectivity index (χ0v) is 15.4. The minimum atomic E-state index is -0.236. The van der Waals surface area contributed by atoms with Crippen molar-refractivity contribution in [1.82, 2.24) is 0 Å². The van der Waals surface area contributed by atoms with Gasteiger partial charge < -0.3 is 9.84 Å². The summed E-state index contributed by atoms with van der Waals surface area (Å²) in [6.45, 7) is 5.80. The second-order valence-electron chi connectivity index (χ2n) is 6.71. The van der Waals surface area contributed by atoms with Crippen LogP contribution in [0.15, 0.2) is 48.5 Å². The van der Waals surface area contributed by atoms with Crippen LogP contribution in [0.4, 0.5) is 0 Å². The molecule has 3 heteroatoms. The first-order chi connectivity index (χ1) is 12.1. The fourth-order valence-corrected chi connectivity index (χ4v) is 2.88. The molecule has 25 heavy (non-hydrogen) atoms. The Kier molecular flexibility index (Phi) is 7.20. The molecule has 0 aromatic heterocycles. The molecule has 2 aromatic carbocycles. The molecule has 1 unspecified atom stereocenters. The minimum Gasteiger partial charge on any atom is -0.426 e. The van der Waals surface area contributed by atoms with Gasteiger partial charge in [-0.1, -0.05) is 70.0 Å². The number of aliphatic hydroxyl groups excluding tert-OH is 1. The molecule has 0 aliphatic rings. The number of ether oxygens (including phenoxy) is 1. The van der Waals surface area contributed by atoms with Crippen LogP contribution in [0.25, 0.3) is 0 Å². The van der Waals surface area contributed by atoms with Gasteiger partial charge in [-0.3, -0.25) is 4.79 Å². The van der Waals surface area contributed by atoms with Crippen molar-refractivity contribution in [3.63, 3.8) is 0 Å². The molecule has 0 aliphatic carbocycles. The van der Waals surface area contributed by atoms with Crippen LogP contribution in [-0.4, -0.2) is 11.1 Å². The second-order valence-corrected chi connectivity index (χ2v) is 6.71. The highest BCUT2D eigenvalue weighted by atomic mass is 16.5. The number of aliphatic hydroxyl groups is 1. The number of unbranched alkanes of at least 4 members (excludes halogenated alkanes) is 1. The summed E-state index contributed by atoms with van der Waals surface area (Å²) in [7, 11) is 0. The van der Waals surface area contributed by atoms with Crippen molar-refractivity contribution < 1.29 is 14.6 Å². The molecule has 0 spiro atoms. The molecule has 0 heterocycles. The zero-order chi connectivity index (χ0) is 18.2. The van der Waals surface area contributed by atoms with E-state index in [1.165, 1.54) is 5.56 Å². The SMILES string of the molecule is CCCCC(c1ccccc1)c1cc(CO)ccc1OC(=O)C(C)C. The van der Waals surface area contributed by atoms with E-state index in [1.807, 2.05) is 50.2 Å². The average Bonchev–Trinajstić information content (AvgIpc) is 2.63. The van der Waals surface area contributed by atoms with Crippen molar-refractivity contribution in [1.29, 1.82) is 0 Å². The van der Waals surface area contributed by atoms with E-state index in [-0.39, 0.29) is 24.4 Å². The molecular formula is C22H28O3. The summed E-state index contributed by atoms with van der Waals surface area (Å²) in [5.74, 6) is 0.319. The molecule has 1 atom stereocenters. The monoisotopic (exact) mass is 340 g/mol. The number of hydrogen-bond acceptors (Lipinski definition) is 3. The summed E-state index contributed by atoms with van der Waals surface area (Å²) in [5, 5.41) is 9.54. The van der Waals surface area contributed by atoms with Gasteiger partial charge in [-0.25, -0.2) is 0 Å². The molecule has 0 saturated heterocycles. The first-order valence-electron chi connectivity index (χ1n) is 9.07. The molecule has 2 rings (SSSR count). The lowest BCUT2D eigenvalue weighted by molar-refractivity contribution is -0.137. The molecule has 0 fully saturated rings. The standard InChI is InChI=1S/C22H28O3/c1-4-5-11-19(18-9-7-6-8-10-18)20-14-17(15-23)12-13-21(20)25-22(24)16(2)3/h6-10,12-14,16,19,23H,4-5,11,15H2,1-3H3. The van der Waals surface area contributed by atoms with Crippen LogP contribution < -0.4 is 4.74 Å². The highest BCUT2D eigenvalue weighted by Gasteiger charge is 2.21. The van der Waals surface area contributed by atoms with Gasteiger partial charge in [-0.15, -0.1) is 0 Å². The van der Waals surface area contributed by atoms with Crippen molar-refractivity contribution in [2.24, 2.45) is 5.92 Å². The van der Waals surface area contributed by atoms with Crippen molar-refractivity contribution in [2.45, 2.75) is 52.6 Å². The van der Waals surface area contributed by atoms with Crippen molar-refractivity contribution >= 4 is 5.97 Å². The summed E-state index contributed by atoms with van der Waals surface area (Å²) in [5.41, 5.74) is 3.00. The molecule has 0 amide bonds. The summed E-state index contributed by atoms with van der Waals surface area (Å²) in [4.78, 5) is 12.1.